The van der Waals surface area contributed by atoms with E-state index in [0.29, 0.717) is 6.42 Å². The summed E-state index contributed by atoms with van der Waals surface area (Å²) >= 11 is 0. The molecular weight excluding hydrogens is 264 g/mol. The second-order valence-electron chi connectivity index (χ2n) is 5.73. The van der Waals surface area contributed by atoms with Gasteiger partial charge in [-0.05, 0) is 32.1 Å². The van der Waals surface area contributed by atoms with E-state index < -0.39 is 12.3 Å². The van der Waals surface area contributed by atoms with Crippen molar-refractivity contribution in [3.63, 3.8) is 0 Å². The minimum Gasteiger partial charge on any atom is -0.436 e. The maximum absolute atomic E-state index is 10.6. The number of unbranched alkanes of at least 4 members (excludes halogenated alkanes) is 9. The van der Waals surface area contributed by atoms with Crippen LogP contribution in [0.5, 0.6) is 0 Å². The molecule has 1 N–H and O–H groups in total. The number of ether oxygens (including phenoxy) is 1. The highest BCUT2D eigenvalue weighted by atomic mass is 16.6. The van der Waals surface area contributed by atoms with Gasteiger partial charge in [-0.3, -0.25) is 4.79 Å². The van der Waals surface area contributed by atoms with Crippen molar-refractivity contribution in [2.45, 2.75) is 97.2 Å². The van der Waals surface area contributed by atoms with Crippen LogP contribution in [0.15, 0.2) is 12.2 Å². The second-order valence-corrected chi connectivity index (χ2v) is 5.73. The molecule has 0 amide bonds. The molecule has 0 rings (SSSR count). The average molecular weight is 298 g/mol. The normalized spacial score (nSPS) is 12.7. The van der Waals surface area contributed by atoms with Gasteiger partial charge in [-0.25, -0.2) is 0 Å². The zero-order chi connectivity index (χ0) is 15.8. The second kappa shape index (κ2) is 15.6. The molecule has 0 aliphatic heterocycles. The minimum atomic E-state index is -0.918. The van der Waals surface area contributed by atoms with Crippen LogP contribution in [0, 0.1) is 0 Å². The first-order valence-corrected chi connectivity index (χ1v) is 8.67. The predicted octanol–water partition coefficient (Wildman–Crippen LogP) is 5.13. The Balaban J connectivity index is 3.18. The molecule has 124 valence electrons. The van der Waals surface area contributed by atoms with Gasteiger partial charge in [0.2, 0.25) is 6.29 Å². The lowest BCUT2D eigenvalue weighted by atomic mass is 10.1. The third-order valence-corrected chi connectivity index (χ3v) is 3.51. The summed E-state index contributed by atoms with van der Waals surface area (Å²) in [7, 11) is 0. The smallest absolute Gasteiger partial charge is 0.304 e. The Morgan fingerprint density at radius 1 is 0.952 bits per heavy atom. The third kappa shape index (κ3) is 17.1. The summed E-state index contributed by atoms with van der Waals surface area (Å²) in [4.78, 5) is 10.6. The Labute approximate surface area is 130 Å². The van der Waals surface area contributed by atoms with Gasteiger partial charge in [0, 0.05) is 13.3 Å². The highest BCUT2D eigenvalue weighted by Crippen LogP contribution is 2.10. The molecule has 21 heavy (non-hydrogen) atoms. The summed E-state index contributed by atoms with van der Waals surface area (Å²) < 4.78 is 4.66. The zero-order valence-electron chi connectivity index (χ0n) is 14.0. The van der Waals surface area contributed by atoms with Gasteiger partial charge in [-0.15, -0.1) is 0 Å². The van der Waals surface area contributed by atoms with Crippen molar-refractivity contribution < 1.29 is 14.6 Å². The van der Waals surface area contributed by atoms with Gasteiger partial charge in [-0.1, -0.05) is 57.6 Å². The number of aliphatic hydroxyl groups is 1. The molecule has 0 spiro atoms. The maximum atomic E-state index is 10.6. The number of hydrogen-bond acceptors (Lipinski definition) is 3. The monoisotopic (exact) mass is 298 g/mol. The van der Waals surface area contributed by atoms with Crippen LogP contribution in [0.3, 0.4) is 0 Å². The van der Waals surface area contributed by atoms with Crippen LogP contribution in [-0.4, -0.2) is 17.4 Å². The van der Waals surface area contributed by atoms with E-state index in [1.165, 1.54) is 64.7 Å². The van der Waals surface area contributed by atoms with Crippen molar-refractivity contribution in [1.82, 2.24) is 0 Å². The zero-order valence-corrected chi connectivity index (χ0v) is 14.0. The minimum absolute atomic E-state index is 0.413. The fraction of sp³-hybridized carbons (Fsp3) is 0.833. The molecule has 0 saturated carbocycles. The van der Waals surface area contributed by atoms with Gasteiger partial charge in [0.25, 0.3) is 0 Å². The molecule has 0 fully saturated rings. The molecule has 1 atom stereocenters. The van der Waals surface area contributed by atoms with Crippen molar-refractivity contribution in [2.75, 3.05) is 0 Å². The first kappa shape index (κ1) is 20.2. The lowest BCUT2D eigenvalue weighted by Gasteiger charge is -2.09. The molecule has 0 aromatic carbocycles. The van der Waals surface area contributed by atoms with Gasteiger partial charge in [0.15, 0.2) is 0 Å². The van der Waals surface area contributed by atoms with Crippen LogP contribution in [0.4, 0.5) is 0 Å². The van der Waals surface area contributed by atoms with E-state index in [1.54, 1.807) is 0 Å². The Hall–Kier alpha value is -0.830. The van der Waals surface area contributed by atoms with E-state index in [4.69, 9.17) is 0 Å². The largest absolute Gasteiger partial charge is 0.436 e. The van der Waals surface area contributed by atoms with Gasteiger partial charge in [-0.2, -0.15) is 0 Å². The highest BCUT2D eigenvalue weighted by Gasteiger charge is 2.05. The summed E-state index contributed by atoms with van der Waals surface area (Å²) in [6.45, 7) is 3.56. The average Bonchev–Trinajstić information content (AvgIpc) is 2.43. The number of carbonyl (C=O) groups is 1. The molecule has 3 heteroatoms. The van der Waals surface area contributed by atoms with E-state index in [-0.39, 0.29) is 0 Å². The third-order valence-electron chi connectivity index (χ3n) is 3.51. The Morgan fingerprint density at radius 3 is 2.05 bits per heavy atom. The SMILES string of the molecule is CCCCCC/C=C\CCCCCCCC(O)OC(C)=O. The van der Waals surface area contributed by atoms with Crippen LogP contribution in [0.1, 0.15) is 90.9 Å². The van der Waals surface area contributed by atoms with Crippen molar-refractivity contribution in [3.05, 3.63) is 12.2 Å². The Kier molecular flexibility index (Phi) is 14.9. The first-order chi connectivity index (χ1) is 10.2. The Morgan fingerprint density at radius 2 is 1.48 bits per heavy atom. The molecular formula is C18H34O3. The summed E-state index contributed by atoms with van der Waals surface area (Å²) in [5.74, 6) is -0.413. The van der Waals surface area contributed by atoms with E-state index in [1.807, 2.05) is 0 Å². The number of allylic oxidation sites excluding steroid dienone is 2. The summed E-state index contributed by atoms with van der Waals surface area (Å²) in [6.07, 6.45) is 17.7. The molecule has 3 nitrogen and oxygen atoms in total. The molecule has 1 unspecified atom stereocenters. The van der Waals surface area contributed by atoms with E-state index >= 15 is 0 Å². The maximum Gasteiger partial charge on any atom is 0.304 e. The van der Waals surface area contributed by atoms with Gasteiger partial charge >= 0.3 is 5.97 Å². The van der Waals surface area contributed by atoms with Crippen molar-refractivity contribution >= 4 is 5.97 Å². The quantitative estimate of drug-likeness (QED) is 0.209. The van der Waals surface area contributed by atoms with Gasteiger partial charge < -0.3 is 9.84 Å². The van der Waals surface area contributed by atoms with E-state index in [0.717, 1.165) is 12.8 Å². The molecule has 0 aromatic rings. The van der Waals surface area contributed by atoms with Crippen LogP contribution in [0.25, 0.3) is 0 Å². The van der Waals surface area contributed by atoms with Crippen LogP contribution in [-0.2, 0) is 9.53 Å². The fourth-order valence-corrected chi connectivity index (χ4v) is 2.29. The fourth-order valence-electron chi connectivity index (χ4n) is 2.29. The van der Waals surface area contributed by atoms with E-state index in [2.05, 4.69) is 23.8 Å². The molecule has 0 bridgehead atoms. The molecule has 0 aromatic heterocycles. The molecule has 0 aliphatic carbocycles. The highest BCUT2D eigenvalue weighted by molar-refractivity contribution is 5.65. The summed E-state index contributed by atoms with van der Waals surface area (Å²) in [5.41, 5.74) is 0. The number of carbonyl (C=O) groups excluding carboxylic acids is 1. The lowest BCUT2D eigenvalue weighted by molar-refractivity contribution is -0.165. The van der Waals surface area contributed by atoms with E-state index in [9.17, 15) is 9.90 Å². The summed E-state index contributed by atoms with van der Waals surface area (Å²) in [5, 5.41) is 9.34. The molecule has 0 aliphatic rings. The van der Waals surface area contributed by atoms with Gasteiger partial charge in [0.1, 0.15) is 0 Å². The van der Waals surface area contributed by atoms with Crippen LogP contribution in [0.2, 0.25) is 0 Å². The lowest BCUT2D eigenvalue weighted by Crippen LogP contribution is -2.14. The van der Waals surface area contributed by atoms with Gasteiger partial charge in [0.05, 0.1) is 0 Å². The number of aliphatic hydroxyl groups excluding tert-OH is 1. The molecule has 0 saturated heterocycles. The Bertz CT molecular complexity index is 261. The van der Waals surface area contributed by atoms with Crippen LogP contribution < -0.4 is 0 Å². The standard InChI is InChI=1S/C18H34O3/c1-3-4-5-6-7-8-9-10-11-12-13-14-15-16-18(20)21-17(2)19/h8-9,18,20H,3-7,10-16H2,1-2H3/b9-8-. The van der Waals surface area contributed by atoms with Crippen molar-refractivity contribution in [2.24, 2.45) is 0 Å². The summed E-state index contributed by atoms with van der Waals surface area (Å²) in [6, 6.07) is 0. The first-order valence-electron chi connectivity index (χ1n) is 8.67. The molecule has 0 heterocycles. The number of rotatable bonds is 14. The van der Waals surface area contributed by atoms with Crippen molar-refractivity contribution in [3.8, 4) is 0 Å². The van der Waals surface area contributed by atoms with Crippen LogP contribution >= 0.6 is 0 Å². The predicted molar refractivity (Wildman–Crippen MR) is 88.0 cm³/mol. The number of esters is 1. The van der Waals surface area contributed by atoms with Crippen molar-refractivity contribution in [1.29, 1.82) is 0 Å². The topological polar surface area (TPSA) is 46.5 Å². The number of hydrogen-bond donors (Lipinski definition) is 1. The molecule has 0 radical (unpaired) electrons.